The maximum atomic E-state index is 13.7. The monoisotopic (exact) mass is 267 g/mol. The molecule has 1 heterocycles. The Bertz CT molecular complexity index is 636. The van der Waals surface area contributed by atoms with Crippen molar-refractivity contribution in [3.05, 3.63) is 23.5 Å². The average molecular weight is 267 g/mol. The van der Waals surface area contributed by atoms with Crippen LogP contribution in [0.15, 0.2) is 12.1 Å². The molecule has 0 fully saturated rings. The molecule has 0 aliphatic rings. The van der Waals surface area contributed by atoms with Gasteiger partial charge in [-0.2, -0.15) is 0 Å². The minimum Gasteiger partial charge on any atom is -0.478 e. The van der Waals surface area contributed by atoms with Gasteiger partial charge in [0.1, 0.15) is 22.4 Å². The summed E-state index contributed by atoms with van der Waals surface area (Å²) < 4.78 is 20.3. The Hall–Kier alpha value is -2.02. The molecule has 0 saturated heterocycles. The van der Waals surface area contributed by atoms with Gasteiger partial charge in [-0.3, -0.25) is 0 Å². The predicted molar refractivity (Wildman–Crippen MR) is 65.5 cm³/mol. The molecule has 1 N–H and O–H groups in total. The molecule has 6 nitrogen and oxygen atoms in total. The third kappa shape index (κ3) is 2.41. The van der Waals surface area contributed by atoms with Crippen LogP contribution in [0.2, 0.25) is 0 Å². The Kier molecular flexibility index (Phi) is 3.23. The Morgan fingerprint density at radius 3 is 2.79 bits per heavy atom. The molecule has 0 saturated carbocycles. The molecule has 7 heteroatoms. The van der Waals surface area contributed by atoms with Crippen molar-refractivity contribution in [3.63, 3.8) is 0 Å². The van der Waals surface area contributed by atoms with Crippen LogP contribution < -0.4 is 0 Å². The first kappa shape index (κ1) is 13.4. The van der Waals surface area contributed by atoms with Gasteiger partial charge < -0.3 is 9.84 Å². The molecular weight excluding hydrogens is 253 g/mol. The van der Waals surface area contributed by atoms with Gasteiger partial charge in [0.25, 0.3) is 0 Å². The molecule has 0 atom stereocenters. The highest BCUT2D eigenvalue weighted by Crippen LogP contribution is 2.22. The zero-order valence-corrected chi connectivity index (χ0v) is 10.8. The molecule has 19 heavy (non-hydrogen) atoms. The van der Waals surface area contributed by atoms with Crippen LogP contribution in [0.3, 0.4) is 0 Å². The number of methoxy groups -OCH3 is 1. The molecule has 0 spiro atoms. The molecule has 0 amide bonds. The lowest BCUT2D eigenvalue weighted by molar-refractivity contribution is 0.00592. The molecule has 2 aromatic rings. The second-order valence-electron chi connectivity index (χ2n) is 4.81. The van der Waals surface area contributed by atoms with Gasteiger partial charge in [0, 0.05) is 7.11 Å². The fraction of sp³-hybridized carbons (Fsp3) is 0.417. The Labute approximate surface area is 108 Å². The van der Waals surface area contributed by atoms with E-state index in [1.54, 1.807) is 0 Å². The van der Waals surface area contributed by atoms with Crippen molar-refractivity contribution in [2.45, 2.75) is 26.0 Å². The summed E-state index contributed by atoms with van der Waals surface area (Å²) in [5.74, 6) is -2.15. The van der Waals surface area contributed by atoms with Crippen LogP contribution in [0.1, 0.15) is 24.2 Å². The van der Waals surface area contributed by atoms with E-state index in [0.717, 1.165) is 6.07 Å². The molecule has 0 aliphatic carbocycles. The lowest BCUT2D eigenvalue weighted by Crippen LogP contribution is -2.30. The minimum absolute atomic E-state index is 0.164. The Morgan fingerprint density at radius 2 is 2.21 bits per heavy atom. The smallest absolute Gasteiger partial charge is 0.340 e. The normalized spacial score (nSPS) is 12.0. The van der Waals surface area contributed by atoms with Gasteiger partial charge in [0.15, 0.2) is 0 Å². The van der Waals surface area contributed by atoms with Crippen LogP contribution in [0, 0.1) is 5.82 Å². The fourth-order valence-electron chi connectivity index (χ4n) is 1.78. The number of rotatable bonds is 4. The number of carbonyl (C=O) groups is 1. The van der Waals surface area contributed by atoms with E-state index in [2.05, 4.69) is 10.3 Å². The Morgan fingerprint density at radius 1 is 1.53 bits per heavy atom. The first-order valence-electron chi connectivity index (χ1n) is 5.66. The summed E-state index contributed by atoms with van der Waals surface area (Å²) in [4.78, 5) is 11.2. The van der Waals surface area contributed by atoms with Crippen molar-refractivity contribution < 1.29 is 19.0 Å². The minimum atomic E-state index is -1.35. The summed E-state index contributed by atoms with van der Waals surface area (Å²) in [7, 11) is 1.54. The molecular formula is C12H14FN3O3. The van der Waals surface area contributed by atoms with Gasteiger partial charge in [-0.15, -0.1) is 5.10 Å². The number of hydrogen-bond donors (Lipinski definition) is 1. The third-order valence-electron chi connectivity index (χ3n) is 2.92. The van der Waals surface area contributed by atoms with Gasteiger partial charge in [-0.05, 0) is 26.0 Å². The quantitative estimate of drug-likeness (QED) is 0.912. The van der Waals surface area contributed by atoms with E-state index in [1.165, 1.54) is 17.9 Å². The van der Waals surface area contributed by atoms with E-state index in [1.807, 2.05) is 13.8 Å². The first-order chi connectivity index (χ1) is 8.85. The number of carboxylic acid groups (broad SMARTS) is 1. The number of aromatic nitrogens is 3. The largest absolute Gasteiger partial charge is 0.478 e. The number of halogens is 1. The van der Waals surface area contributed by atoms with E-state index in [0.29, 0.717) is 5.52 Å². The summed E-state index contributed by atoms with van der Waals surface area (Å²) in [5.41, 5.74) is -0.486. The lowest BCUT2D eigenvalue weighted by atomic mass is 10.1. The zero-order chi connectivity index (χ0) is 14.2. The first-order valence-corrected chi connectivity index (χ1v) is 5.66. The average Bonchev–Trinajstić information content (AvgIpc) is 2.71. The van der Waals surface area contributed by atoms with Crippen LogP contribution in [0.5, 0.6) is 0 Å². The van der Waals surface area contributed by atoms with E-state index in [-0.39, 0.29) is 12.1 Å². The summed E-state index contributed by atoms with van der Waals surface area (Å²) in [6.07, 6.45) is 0. The topological polar surface area (TPSA) is 77.2 Å². The van der Waals surface area contributed by atoms with Crippen molar-refractivity contribution in [1.82, 2.24) is 15.0 Å². The van der Waals surface area contributed by atoms with Crippen LogP contribution in [0.4, 0.5) is 4.39 Å². The summed E-state index contributed by atoms with van der Waals surface area (Å²) in [6.45, 7) is 3.91. The third-order valence-corrected chi connectivity index (χ3v) is 2.92. The molecule has 1 aromatic heterocycles. The molecule has 2 rings (SSSR count). The number of ether oxygens (including phenoxy) is 1. The Balaban J connectivity index is 2.64. The summed E-state index contributed by atoms with van der Waals surface area (Å²) in [5, 5.41) is 16.8. The highest BCUT2D eigenvalue weighted by atomic mass is 19.1. The molecule has 0 unspecified atom stereocenters. The standard InChI is InChI=1S/C12H14FN3O3/c1-12(2,19-3)6-16-10-8(14-15-16)5-4-7(13)9(10)11(17)18/h4-5H,6H2,1-3H3,(H,17,18). The zero-order valence-electron chi connectivity index (χ0n) is 10.8. The van der Waals surface area contributed by atoms with Crippen molar-refractivity contribution >= 4 is 17.0 Å². The predicted octanol–water partition coefficient (Wildman–Crippen LogP) is 1.69. The van der Waals surface area contributed by atoms with E-state index in [4.69, 9.17) is 9.84 Å². The van der Waals surface area contributed by atoms with Gasteiger partial charge in [0.2, 0.25) is 0 Å². The van der Waals surface area contributed by atoms with Gasteiger partial charge in [0.05, 0.1) is 12.1 Å². The SMILES string of the molecule is COC(C)(C)Cn1nnc2ccc(F)c(C(=O)O)c21. The second kappa shape index (κ2) is 4.58. The van der Waals surface area contributed by atoms with Gasteiger partial charge in [-0.25, -0.2) is 13.9 Å². The van der Waals surface area contributed by atoms with Crippen LogP contribution in [0.25, 0.3) is 11.0 Å². The van der Waals surface area contributed by atoms with Crippen molar-refractivity contribution in [1.29, 1.82) is 0 Å². The van der Waals surface area contributed by atoms with E-state index in [9.17, 15) is 9.18 Å². The van der Waals surface area contributed by atoms with E-state index < -0.39 is 23.0 Å². The fourth-order valence-corrected chi connectivity index (χ4v) is 1.78. The van der Waals surface area contributed by atoms with E-state index >= 15 is 0 Å². The molecule has 1 aromatic carbocycles. The van der Waals surface area contributed by atoms with Crippen molar-refractivity contribution in [2.75, 3.05) is 7.11 Å². The number of aromatic carboxylic acids is 1. The van der Waals surface area contributed by atoms with Gasteiger partial charge in [-0.1, -0.05) is 5.21 Å². The highest BCUT2D eigenvalue weighted by molar-refractivity contribution is 6.01. The molecule has 0 bridgehead atoms. The molecule has 0 aliphatic heterocycles. The number of carboxylic acids is 1. The van der Waals surface area contributed by atoms with Crippen molar-refractivity contribution in [2.24, 2.45) is 0 Å². The number of nitrogens with zero attached hydrogens (tertiary/aromatic N) is 3. The lowest BCUT2D eigenvalue weighted by Gasteiger charge is -2.22. The molecule has 0 radical (unpaired) electrons. The number of fused-ring (bicyclic) bond motifs is 1. The maximum absolute atomic E-state index is 13.7. The molecule has 102 valence electrons. The number of benzene rings is 1. The van der Waals surface area contributed by atoms with Crippen LogP contribution in [-0.2, 0) is 11.3 Å². The van der Waals surface area contributed by atoms with Gasteiger partial charge >= 0.3 is 5.97 Å². The van der Waals surface area contributed by atoms with Crippen LogP contribution >= 0.6 is 0 Å². The maximum Gasteiger partial charge on any atom is 0.340 e. The highest BCUT2D eigenvalue weighted by Gasteiger charge is 2.24. The van der Waals surface area contributed by atoms with Crippen LogP contribution in [-0.4, -0.2) is 38.8 Å². The second-order valence-corrected chi connectivity index (χ2v) is 4.81. The summed E-state index contributed by atoms with van der Waals surface area (Å²) >= 11 is 0. The summed E-state index contributed by atoms with van der Waals surface area (Å²) in [6, 6.07) is 2.48. The number of hydrogen-bond acceptors (Lipinski definition) is 4. The van der Waals surface area contributed by atoms with Crippen molar-refractivity contribution in [3.8, 4) is 0 Å².